The lowest BCUT2D eigenvalue weighted by molar-refractivity contribution is -0.117. The van der Waals surface area contributed by atoms with E-state index in [0.717, 1.165) is 5.56 Å². The molecule has 3 rings (SSSR count). The van der Waals surface area contributed by atoms with Crippen LogP contribution in [-0.2, 0) is 16.0 Å². The van der Waals surface area contributed by atoms with Crippen LogP contribution in [0.15, 0.2) is 30.3 Å². The fourth-order valence-electron chi connectivity index (χ4n) is 3.05. The fraction of sp³-hybridized carbons (Fsp3) is 0.350. The lowest BCUT2D eigenvalue weighted by atomic mass is 10.0. The summed E-state index contributed by atoms with van der Waals surface area (Å²) in [6.45, 7) is 3.88. The van der Waals surface area contributed by atoms with Crippen LogP contribution in [0.25, 0.3) is 0 Å². The first-order valence-electron chi connectivity index (χ1n) is 9.02. The molecule has 1 atom stereocenters. The van der Waals surface area contributed by atoms with E-state index in [2.05, 4.69) is 10.3 Å². The number of pyridine rings is 1. The van der Waals surface area contributed by atoms with Crippen molar-refractivity contribution in [2.45, 2.75) is 32.7 Å². The van der Waals surface area contributed by atoms with E-state index in [4.69, 9.17) is 16.3 Å². The van der Waals surface area contributed by atoms with Crippen molar-refractivity contribution in [3.63, 3.8) is 0 Å². The molecule has 0 bridgehead atoms. The van der Waals surface area contributed by atoms with Gasteiger partial charge in [-0.2, -0.15) is 4.98 Å². The molecule has 0 spiro atoms. The Morgan fingerprint density at radius 3 is 2.71 bits per heavy atom. The summed E-state index contributed by atoms with van der Waals surface area (Å²) in [5.41, 5.74) is 2.04. The number of carbonyl (C=O) groups is 2. The van der Waals surface area contributed by atoms with Crippen molar-refractivity contribution in [2.75, 3.05) is 22.7 Å². The summed E-state index contributed by atoms with van der Waals surface area (Å²) >= 11 is 5.78. The molecule has 2 amide bonds. The first-order valence-corrected chi connectivity index (χ1v) is 9.55. The van der Waals surface area contributed by atoms with Gasteiger partial charge in [-0.15, -0.1) is 11.6 Å². The molecule has 1 aliphatic rings. The van der Waals surface area contributed by atoms with Crippen LogP contribution in [0.2, 0.25) is 0 Å². The quantitative estimate of drug-likeness (QED) is 0.773. The third-order valence-corrected chi connectivity index (χ3v) is 4.71. The predicted molar refractivity (Wildman–Crippen MR) is 106 cm³/mol. The molecule has 0 saturated heterocycles. The summed E-state index contributed by atoms with van der Waals surface area (Å²) in [6.07, 6.45) is 0.695. The van der Waals surface area contributed by atoms with Crippen molar-refractivity contribution < 1.29 is 18.7 Å². The summed E-state index contributed by atoms with van der Waals surface area (Å²) < 4.78 is 18.9. The van der Waals surface area contributed by atoms with Crippen LogP contribution in [0.1, 0.15) is 31.4 Å². The summed E-state index contributed by atoms with van der Waals surface area (Å²) in [6, 6.07) is 7.66. The number of carbonyl (C=O) groups excluding carboxylic acids is 2. The minimum absolute atomic E-state index is 0.161. The van der Waals surface area contributed by atoms with E-state index in [0.29, 0.717) is 29.9 Å². The van der Waals surface area contributed by atoms with E-state index < -0.39 is 0 Å². The molecule has 1 N–H and O–H groups in total. The summed E-state index contributed by atoms with van der Waals surface area (Å²) in [7, 11) is 0. The monoisotopic (exact) mass is 405 g/mol. The van der Waals surface area contributed by atoms with Crippen LogP contribution in [0, 0.1) is 5.82 Å². The zero-order valence-corrected chi connectivity index (χ0v) is 16.4. The number of hydrogen-bond donors (Lipinski definition) is 1. The molecule has 8 heteroatoms. The van der Waals surface area contributed by atoms with Crippen LogP contribution in [-0.4, -0.2) is 35.3 Å². The van der Waals surface area contributed by atoms with E-state index in [1.54, 1.807) is 30.0 Å². The van der Waals surface area contributed by atoms with E-state index >= 15 is 0 Å². The van der Waals surface area contributed by atoms with Gasteiger partial charge in [-0.3, -0.25) is 9.59 Å². The van der Waals surface area contributed by atoms with Crippen molar-refractivity contribution in [1.82, 2.24) is 4.98 Å². The lowest BCUT2D eigenvalue weighted by Gasteiger charge is -2.34. The summed E-state index contributed by atoms with van der Waals surface area (Å²) in [4.78, 5) is 30.3. The second kappa shape index (κ2) is 8.56. The molecule has 0 fully saturated rings. The number of halogens is 2. The lowest BCUT2D eigenvalue weighted by Crippen LogP contribution is -2.46. The highest BCUT2D eigenvalue weighted by atomic mass is 35.5. The molecule has 2 heterocycles. The second-order valence-corrected chi connectivity index (χ2v) is 6.85. The zero-order chi connectivity index (χ0) is 20.3. The number of fused-ring (bicyclic) bond motifs is 1. The van der Waals surface area contributed by atoms with Gasteiger partial charge in [0.05, 0.1) is 6.04 Å². The second-order valence-electron chi connectivity index (χ2n) is 6.58. The zero-order valence-electron chi connectivity index (χ0n) is 15.7. The van der Waals surface area contributed by atoms with Crippen LogP contribution in [0.4, 0.5) is 15.9 Å². The Morgan fingerprint density at radius 2 is 2.07 bits per heavy atom. The van der Waals surface area contributed by atoms with Crippen LogP contribution in [0.5, 0.6) is 5.88 Å². The van der Waals surface area contributed by atoms with Gasteiger partial charge in [0.1, 0.15) is 29.8 Å². The van der Waals surface area contributed by atoms with Gasteiger partial charge in [-0.05, 0) is 30.7 Å². The number of alkyl halides is 1. The predicted octanol–water partition coefficient (Wildman–Crippen LogP) is 3.51. The van der Waals surface area contributed by atoms with Gasteiger partial charge >= 0.3 is 0 Å². The largest absolute Gasteiger partial charge is 0.474 e. The maximum absolute atomic E-state index is 13.2. The van der Waals surface area contributed by atoms with Crippen LogP contribution < -0.4 is 15.0 Å². The molecule has 1 aromatic heterocycles. The Bertz CT molecular complexity index is 889. The number of benzene rings is 1. The van der Waals surface area contributed by atoms with Crippen molar-refractivity contribution in [2.24, 2.45) is 0 Å². The Hall–Kier alpha value is -2.67. The topological polar surface area (TPSA) is 71.5 Å². The fourth-order valence-corrected chi connectivity index (χ4v) is 3.17. The molecule has 6 nitrogen and oxygen atoms in total. The maximum Gasteiger partial charge on any atom is 0.242 e. The van der Waals surface area contributed by atoms with Gasteiger partial charge in [0, 0.05) is 18.4 Å². The van der Waals surface area contributed by atoms with Gasteiger partial charge in [0.2, 0.25) is 17.7 Å². The van der Waals surface area contributed by atoms with E-state index in [1.165, 1.54) is 12.1 Å². The Morgan fingerprint density at radius 1 is 1.36 bits per heavy atom. The highest BCUT2D eigenvalue weighted by Crippen LogP contribution is 2.36. The number of anilines is 2. The third kappa shape index (κ3) is 4.25. The average Bonchev–Trinajstić information content (AvgIpc) is 2.69. The number of aromatic nitrogens is 1. The number of hydrogen-bond acceptors (Lipinski definition) is 4. The molecule has 28 heavy (non-hydrogen) atoms. The normalized spacial score (nSPS) is 15.6. The van der Waals surface area contributed by atoms with Gasteiger partial charge < -0.3 is 15.0 Å². The van der Waals surface area contributed by atoms with Crippen molar-refractivity contribution in [1.29, 1.82) is 0 Å². The van der Waals surface area contributed by atoms with Crippen LogP contribution in [0.3, 0.4) is 0 Å². The third-order valence-electron chi connectivity index (χ3n) is 4.48. The van der Waals surface area contributed by atoms with Gasteiger partial charge in [0.25, 0.3) is 0 Å². The number of ether oxygens (including phenoxy) is 1. The number of nitrogens with zero attached hydrogens (tertiary/aromatic N) is 2. The minimum atomic E-state index is -0.326. The minimum Gasteiger partial charge on any atom is -0.474 e. The highest BCUT2D eigenvalue weighted by Gasteiger charge is 2.31. The molecule has 0 saturated carbocycles. The van der Waals surface area contributed by atoms with Crippen molar-refractivity contribution in [3.8, 4) is 5.88 Å². The Kier molecular flexibility index (Phi) is 6.14. The Balaban J connectivity index is 2.06. The SMILES string of the molecule is CCC(=O)Nc1nc2c(cc1Cc1ccc(F)cc1)N(C(=O)CCl)C(C)CO2. The molecule has 2 aromatic rings. The van der Waals surface area contributed by atoms with Crippen LogP contribution >= 0.6 is 11.6 Å². The summed E-state index contributed by atoms with van der Waals surface area (Å²) in [5.74, 6) is -0.295. The molecule has 1 aliphatic heterocycles. The summed E-state index contributed by atoms with van der Waals surface area (Å²) in [5, 5.41) is 2.78. The molecular formula is C20H21ClFN3O3. The standard InChI is InChI=1S/C20H21ClFN3O3/c1-3-17(26)23-19-14(8-13-4-6-15(22)7-5-13)9-16-20(24-19)28-11-12(2)25(16)18(27)10-21/h4-7,9,12H,3,8,10-11H2,1-2H3,(H,23,24,26). The first kappa shape index (κ1) is 20.1. The molecule has 0 aliphatic carbocycles. The Labute approximate surface area is 167 Å². The average molecular weight is 406 g/mol. The van der Waals surface area contributed by atoms with Gasteiger partial charge in [0.15, 0.2) is 0 Å². The highest BCUT2D eigenvalue weighted by molar-refractivity contribution is 6.29. The number of rotatable bonds is 5. The van der Waals surface area contributed by atoms with E-state index in [1.807, 2.05) is 6.92 Å². The van der Waals surface area contributed by atoms with Gasteiger partial charge in [-0.1, -0.05) is 19.1 Å². The van der Waals surface area contributed by atoms with Gasteiger partial charge in [-0.25, -0.2) is 4.39 Å². The molecule has 0 radical (unpaired) electrons. The smallest absolute Gasteiger partial charge is 0.242 e. The molecular weight excluding hydrogens is 385 g/mol. The van der Waals surface area contributed by atoms with Crippen molar-refractivity contribution >= 4 is 34.9 Å². The maximum atomic E-state index is 13.2. The number of nitrogens with one attached hydrogen (secondary N) is 1. The molecule has 148 valence electrons. The van der Waals surface area contributed by atoms with Crippen molar-refractivity contribution in [3.05, 3.63) is 47.3 Å². The molecule has 1 unspecified atom stereocenters. The molecule has 1 aromatic carbocycles. The number of amides is 2. The first-order chi connectivity index (χ1) is 13.4. The van der Waals surface area contributed by atoms with E-state index in [-0.39, 0.29) is 42.0 Å². The van der Waals surface area contributed by atoms with E-state index in [9.17, 15) is 14.0 Å².